The molecule has 1 unspecified atom stereocenters. The number of nitrogens with zero attached hydrogens (tertiary/aromatic N) is 1. The summed E-state index contributed by atoms with van der Waals surface area (Å²) in [6, 6.07) is 7.36. The average molecular weight is 321 g/mol. The molecule has 0 aliphatic heterocycles. The van der Waals surface area contributed by atoms with E-state index in [1.807, 2.05) is 52.0 Å². The lowest BCUT2D eigenvalue weighted by molar-refractivity contribution is 0.0918. The zero-order chi connectivity index (χ0) is 16.3. The second kappa shape index (κ2) is 6.97. The van der Waals surface area contributed by atoms with E-state index in [9.17, 15) is 4.79 Å². The Morgan fingerprint density at radius 1 is 1.23 bits per heavy atom. The SMILES string of the molecule is CC(C)c1ocnc1C(=O)NC(c1ccccc1Cl)C(C)C. The van der Waals surface area contributed by atoms with Crippen LogP contribution >= 0.6 is 11.6 Å². The third kappa shape index (κ3) is 3.50. The lowest BCUT2D eigenvalue weighted by atomic mass is 9.95. The number of oxazole rings is 1. The van der Waals surface area contributed by atoms with Crippen molar-refractivity contribution in [2.75, 3.05) is 0 Å². The molecule has 1 N–H and O–H groups in total. The highest BCUT2D eigenvalue weighted by molar-refractivity contribution is 6.31. The first kappa shape index (κ1) is 16.6. The molecule has 2 rings (SSSR count). The number of carbonyl (C=O) groups excluding carboxylic acids is 1. The molecular weight excluding hydrogens is 300 g/mol. The van der Waals surface area contributed by atoms with Crippen molar-refractivity contribution in [2.45, 2.75) is 39.7 Å². The highest BCUT2D eigenvalue weighted by atomic mass is 35.5. The van der Waals surface area contributed by atoms with Gasteiger partial charge in [-0.25, -0.2) is 4.98 Å². The molecule has 1 heterocycles. The number of amides is 1. The minimum absolute atomic E-state index is 0.0982. The Balaban J connectivity index is 2.27. The van der Waals surface area contributed by atoms with Crippen molar-refractivity contribution in [3.05, 3.63) is 52.7 Å². The third-order valence-corrected chi connectivity index (χ3v) is 3.87. The van der Waals surface area contributed by atoms with Crippen LogP contribution in [0.15, 0.2) is 35.1 Å². The fourth-order valence-electron chi connectivity index (χ4n) is 2.38. The first-order valence-corrected chi connectivity index (χ1v) is 7.78. The Labute approximate surface area is 135 Å². The van der Waals surface area contributed by atoms with E-state index in [0.29, 0.717) is 16.5 Å². The number of halogens is 1. The summed E-state index contributed by atoms with van der Waals surface area (Å²) < 4.78 is 5.32. The Kier molecular flexibility index (Phi) is 5.24. The van der Waals surface area contributed by atoms with Crippen LogP contribution < -0.4 is 5.32 Å². The number of rotatable bonds is 5. The van der Waals surface area contributed by atoms with Gasteiger partial charge >= 0.3 is 0 Å². The normalized spacial score (nSPS) is 12.7. The summed E-state index contributed by atoms with van der Waals surface area (Å²) in [7, 11) is 0. The van der Waals surface area contributed by atoms with Crippen LogP contribution in [0.2, 0.25) is 5.02 Å². The zero-order valence-corrected chi connectivity index (χ0v) is 14.0. The van der Waals surface area contributed by atoms with Gasteiger partial charge in [-0.2, -0.15) is 0 Å². The maximum atomic E-state index is 12.6. The van der Waals surface area contributed by atoms with Crippen molar-refractivity contribution in [3.8, 4) is 0 Å². The molecule has 0 saturated carbocycles. The van der Waals surface area contributed by atoms with Crippen molar-refractivity contribution >= 4 is 17.5 Å². The summed E-state index contributed by atoms with van der Waals surface area (Å²) >= 11 is 6.27. The molecule has 0 bridgehead atoms. The molecule has 0 fully saturated rings. The molecule has 2 aromatic rings. The molecule has 4 nitrogen and oxygen atoms in total. The second-order valence-corrected chi connectivity index (χ2v) is 6.34. The van der Waals surface area contributed by atoms with E-state index in [1.54, 1.807) is 0 Å². The summed E-state index contributed by atoms with van der Waals surface area (Å²) in [6.07, 6.45) is 1.31. The lowest BCUT2D eigenvalue weighted by Crippen LogP contribution is -2.32. The zero-order valence-electron chi connectivity index (χ0n) is 13.3. The van der Waals surface area contributed by atoms with Crippen LogP contribution in [0.3, 0.4) is 0 Å². The van der Waals surface area contributed by atoms with Gasteiger partial charge in [0.25, 0.3) is 5.91 Å². The highest BCUT2D eigenvalue weighted by Gasteiger charge is 2.25. The Morgan fingerprint density at radius 3 is 2.50 bits per heavy atom. The molecule has 0 spiro atoms. The fourth-order valence-corrected chi connectivity index (χ4v) is 2.63. The van der Waals surface area contributed by atoms with E-state index in [1.165, 1.54) is 6.39 Å². The molecule has 0 radical (unpaired) electrons. The minimum atomic E-state index is -0.240. The van der Waals surface area contributed by atoms with Gasteiger partial charge in [0.05, 0.1) is 6.04 Å². The summed E-state index contributed by atoms with van der Waals surface area (Å²) in [5.41, 5.74) is 1.25. The number of aromatic nitrogens is 1. The summed E-state index contributed by atoms with van der Waals surface area (Å²) in [4.78, 5) is 16.6. The van der Waals surface area contributed by atoms with Gasteiger partial charge in [0.1, 0.15) is 5.76 Å². The van der Waals surface area contributed by atoms with E-state index in [0.717, 1.165) is 5.56 Å². The van der Waals surface area contributed by atoms with E-state index in [-0.39, 0.29) is 23.8 Å². The molecule has 118 valence electrons. The molecule has 0 aliphatic rings. The van der Waals surface area contributed by atoms with E-state index in [4.69, 9.17) is 16.0 Å². The van der Waals surface area contributed by atoms with Crippen molar-refractivity contribution in [1.82, 2.24) is 10.3 Å². The quantitative estimate of drug-likeness (QED) is 0.877. The molecule has 22 heavy (non-hydrogen) atoms. The number of hydrogen-bond acceptors (Lipinski definition) is 3. The Morgan fingerprint density at radius 2 is 1.91 bits per heavy atom. The molecule has 1 aromatic carbocycles. The monoisotopic (exact) mass is 320 g/mol. The Bertz CT molecular complexity index is 650. The topological polar surface area (TPSA) is 55.1 Å². The Hall–Kier alpha value is -1.81. The maximum Gasteiger partial charge on any atom is 0.274 e. The first-order valence-electron chi connectivity index (χ1n) is 7.40. The summed E-state index contributed by atoms with van der Waals surface area (Å²) in [5.74, 6) is 0.648. The average Bonchev–Trinajstić information content (AvgIpc) is 2.95. The predicted molar refractivity (Wildman–Crippen MR) is 87.1 cm³/mol. The standard InChI is InChI=1S/C17H21ClN2O2/c1-10(2)14(12-7-5-6-8-13(12)18)20-17(21)15-16(11(3)4)22-9-19-15/h5-11,14H,1-4H3,(H,20,21). The van der Waals surface area contributed by atoms with Crippen LogP contribution in [-0.2, 0) is 0 Å². The van der Waals surface area contributed by atoms with Crippen molar-refractivity contribution < 1.29 is 9.21 Å². The molecule has 1 aromatic heterocycles. The van der Waals surface area contributed by atoms with Gasteiger partial charge in [-0.05, 0) is 17.5 Å². The third-order valence-electron chi connectivity index (χ3n) is 3.53. The summed E-state index contributed by atoms with van der Waals surface area (Å²) in [5, 5.41) is 3.67. The smallest absolute Gasteiger partial charge is 0.274 e. The van der Waals surface area contributed by atoms with Gasteiger partial charge in [-0.15, -0.1) is 0 Å². The number of benzene rings is 1. The second-order valence-electron chi connectivity index (χ2n) is 5.94. The molecular formula is C17H21ClN2O2. The fraction of sp³-hybridized carbons (Fsp3) is 0.412. The van der Waals surface area contributed by atoms with E-state index in [2.05, 4.69) is 10.3 Å². The van der Waals surface area contributed by atoms with Gasteiger partial charge in [-0.3, -0.25) is 4.79 Å². The van der Waals surface area contributed by atoms with Crippen LogP contribution in [-0.4, -0.2) is 10.9 Å². The molecule has 0 aliphatic carbocycles. The lowest BCUT2D eigenvalue weighted by Gasteiger charge is -2.23. The molecule has 0 saturated heterocycles. The first-order chi connectivity index (χ1) is 10.4. The summed E-state index contributed by atoms with van der Waals surface area (Å²) in [6.45, 7) is 8.01. The van der Waals surface area contributed by atoms with Gasteiger partial charge < -0.3 is 9.73 Å². The van der Waals surface area contributed by atoms with Gasteiger partial charge in [0, 0.05) is 10.9 Å². The van der Waals surface area contributed by atoms with Gasteiger partial charge in [0.2, 0.25) is 0 Å². The largest absolute Gasteiger partial charge is 0.447 e. The van der Waals surface area contributed by atoms with Crippen molar-refractivity contribution in [2.24, 2.45) is 5.92 Å². The van der Waals surface area contributed by atoms with E-state index < -0.39 is 0 Å². The van der Waals surface area contributed by atoms with Crippen LogP contribution in [0.25, 0.3) is 0 Å². The number of hydrogen-bond donors (Lipinski definition) is 1. The van der Waals surface area contributed by atoms with Crippen LogP contribution in [0.1, 0.15) is 61.5 Å². The van der Waals surface area contributed by atoms with Gasteiger partial charge in [0.15, 0.2) is 12.1 Å². The molecule has 1 amide bonds. The van der Waals surface area contributed by atoms with Crippen molar-refractivity contribution in [1.29, 1.82) is 0 Å². The predicted octanol–water partition coefficient (Wildman–Crippen LogP) is 4.58. The van der Waals surface area contributed by atoms with Crippen molar-refractivity contribution in [3.63, 3.8) is 0 Å². The maximum absolute atomic E-state index is 12.6. The van der Waals surface area contributed by atoms with Crippen LogP contribution in [0, 0.1) is 5.92 Å². The number of nitrogens with one attached hydrogen (secondary N) is 1. The van der Waals surface area contributed by atoms with Crippen LogP contribution in [0.4, 0.5) is 0 Å². The molecule has 1 atom stereocenters. The van der Waals surface area contributed by atoms with Crippen LogP contribution in [0.5, 0.6) is 0 Å². The van der Waals surface area contributed by atoms with E-state index >= 15 is 0 Å². The minimum Gasteiger partial charge on any atom is -0.447 e. The number of carbonyl (C=O) groups is 1. The van der Waals surface area contributed by atoms with Gasteiger partial charge in [-0.1, -0.05) is 57.5 Å². The highest BCUT2D eigenvalue weighted by Crippen LogP contribution is 2.29. The molecule has 5 heteroatoms.